The molecular formula is C25H20Cl2N4O. The standard InChI is InChI=1S/C25H20Cl2N4O/c26-21-12-19(13-22(27)14-21)6-11-25(32)20-7-9-23(10-8-20)28-15-24-17-31(30-29-24)16-18-4-2-1-3-5-18/h1-14,17,28H,15-16H2/b11-6+. The van der Waals surface area contributed by atoms with Gasteiger partial charge in [-0.3, -0.25) is 4.79 Å². The number of hydrogen-bond acceptors (Lipinski definition) is 4. The molecule has 0 aliphatic carbocycles. The van der Waals surface area contributed by atoms with Crippen LogP contribution in [0.4, 0.5) is 5.69 Å². The van der Waals surface area contributed by atoms with E-state index in [0.717, 1.165) is 16.9 Å². The lowest BCUT2D eigenvalue weighted by atomic mass is 10.1. The molecule has 0 radical (unpaired) electrons. The number of rotatable bonds is 8. The Bertz CT molecular complexity index is 1210. The van der Waals surface area contributed by atoms with E-state index in [2.05, 4.69) is 27.8 Å². The van der Waals surface area contributed by atoms with Crippen molar-refractivity contribution >= 4 is 40.7 Å². The Labute approximate surface area is 196 Å². The average molecular weight is 463 g/mol. The number of allylic oxidation sites excluding steroid dienone is 1. The second-order valence-electron chi connectivity index (χ2n) is 7.22. The zero-order valence-corrected chi connectivity index (χ0v) is 18.6. The Morgan fingerprint density at radius 1 is 0.969 bits per heavy atom. The van der Waals surface area contributed by atoms with E-state index in [1.807, 2.05) is 41.2 Å². The van der Waals surface area contributed by atoms with Crippen molar-refractivity contribution in [2.75, 3.05) is 5.32 Å². The summed E-state index contributed by atoms with van der Waals surface area (Å²) in [6, 6.07) is 22.6. The molecule has 4 rings (SSSR count). The molecule has 3 aromatic carbocycles. The maximum Gasteiger partial charge on any atom is 0.185 e. The van der Waals surface area contributed by atoms with Gasteiger partial charge in [-0.15, -0.1) is 5.10 Å². The third-order valence-corrected chi connectivity index (χ3v) is 5.17. The van der Waals surface area contributed by atoms with Crippen LogP contribution in [0.2, 0.25) is 10.0 Å². The van der Waals surface area contributed by atoms with Crippen molar-refractivity contribution in [2.45, 2.75) is 13.1 Å². The van der Waals surface area contributed by atoms with Crippen molar-refractivity contribution in [3.8, 4) is 0 Å². The number of carbonyl (C=O) groups excluding carboxylic acids is 1. The molecule has 1 aromatic heterocycles. The number of halogens is 2. The Morgan fingerprint density at radius 3 is 2.41 bits per heavy atom. The van der Waals surface area contributed by atoms with Gasteiger partial charge in [-0.2, -0.15) is 0 Å². The summed E-state index contributed by atoms with van der Waals surface area (Å²) >= 11 is 12.0. The van der Waals surface area contributed by atoms with Crippen LogP contribution in [0.1, 0.15) is 27.2 Å². The van der Waals surface area contributed by atoms with Gasteiger partial charge in [0.15, 0.2) is 5.78 Å². The van der Waals surface area contributed by atoms with Crippen LogP contribution >= 0.6 is 23.2 Å². The molecule has 0 saturated carbocycles. The Hall–Kier alpha value is -3.41. The van der Waals surface area contributed by atoms with E-state index in [4.69, 9.17) is 23.2 Å². The monoisotopic (exact) mass is 462 g/mol. The molecule has 0 unspecified atom stereocenters. The number of carbonyl (C=O) groups is 1. The summed E-state index contributed by atoms with van der Waals surface area (Å²) < 4.78 is 1.81. The first-order valence-corrected chi connectivity index (χ1v) is 10.8. The minimum absolute atomic E-state index is 0.100. The summed E-state index contributed by atoms with van der Waals surface area (Å²) in [7, 11) is 0. The molecule has 0 fully saturated rings. The summed E-state index contributed by atoms with van der Waals surface area (Å²) in [6.07, 6.45) is 5.13. The van der Waals surface area contributed by atoms with Crippen LogP contribution in [0.25, 0.3) is 6.08 Å². The molecule has 4 aromatic rings. The Balaban J connectivity index is 1.32. The second-order valence-corrected chi connectivity index (χ2v) is 8.10. The van der Waals surface area contributed by atoms with Crippen LogP contribution in [-0.4, -0.2) is 20.8 Å². The molecule has 0 amide bonds. The van der Waals surface area contributed by atoms with Crippen LogP contribution in [0.3, 0.4) is 0 Å². The predicted octanol–water partition coefficient (Wildman–Crippen LogP) is 6.14. The SMILES string of the molecule is O=C(/C=C/c1cc(Cl)cc(Cl)c1)c1ccc(NCc2cn(Cc3ccccc3)nn2)cc1. The molecule has 5 nitrogen and oxygen atoms in total. The van der Waals surface area contributed by atoms with Crippen LogP contribution in [0.15, 0.2) is 85.1 Å². The molecule has 0 atom stereocenters. The van der Waals surface area contributed by atoms with Gasteiger partial charge in [0.25, 0.3) is 0 Å². The zero-order chi connectivity index (χ0) is 22.3. The van der Waals surface area contributed by atoms with Gasteiger partial charge in [0.2, 0.25) is 0 Å². The quantitative estimate of drug-likeness (QED) is 0.252. The highest BCUT2D eigenvalue weighted by Crippen LogP contribution is 2.20. The van der Waals surface area contributed by atoms with E-state index in [1.54, 1.807) is 36.4 Å². The second kappa shape index (κ2) is 10.3. The topological polar surface area (TPSA) is 59.8 Å². The fourth-order valence-corrected chi connectivity index (χ4v) is 3.69. The highest BCUT2D eigenvalue weighted by Gasteiger charge is 2.05. The first-order chi connectivity index (χ1) is 15.5. The van der Waals surface area contributed by atoms with Crippen LogP contribution in [-0.2, 0) is 13.1 Å². The van der Waals surface area contributed by atoms with Gasteiger partial charge < -0.3 is 5.32 Å². The molecule has 0 aliphatic heterocycles. The lowest BCUT2D eigenvalue weighted by Gasteiger charge is -2.05. The van der Waals surface area contributed by atoms with Gasteiger partial charge >= 0.3 is 0 Å². The fraction of sp³-hybridized carbons (Fsp3) is 0.0800. The number of nitrogens with zero attached hydrogens (tertiary/aromatic N) is 3. The molecular weight excluding hydrogens is 443 g/mol. The van der Waals surface area contributed by atoms with E-state index in [-0.39, 0.29) is 5.78 Å². The number of anilines is 1. The Kier molecular flexibility index (Phi) is 7.00. The highest BCUT2D eigenvalue weighted by molar-refractivity contribution is 6.34. The van der Waals surface area contributed by atoms with E-state index in [0.29, 0.717) is 28.7 Å². The third-order valence-electron chi connectivity index (χ3n) is 4.73. The molecule has 1 N–H and O–H groups in total. The van der Waals surface area contributed by atoms with Crippen molar-refractivity contribution in [3.05, 3.63) is 117 Å². The highest BCUT2D eigenvalue weighted by atomic mass is 35.5. The first kappa shape index (κ1) is 21.8. The summed E-state index contributed by atoms with van der Waals surface area (Å²) in [5.41, 5.74) is 4.27. The molecule has 1 heterocycles. The minimum atomic E-state index is -0.100. The lowest BCUT2D eigenvalue weighted by Crippen LogP contribution is -2.01. The van der Waals surface area contributed by atoms with Gasteiger partial charge in [-0.1, -0.05) is 64.8 Å². The van der Waals surface area contributed by atoms with Gasteiger partial charge in [-0.25, -0.2) is 4.68 Å². The summed E-state index contributed by atoms with van der Waals surface area (Å²) in [5, 5.41) is 12.7. The summed E-state index contributed by atoms with van der Waals surface area (Å²) in [4.78, 5) is 12.4. The molecule has 0 aliphatic rings. The zero-order valence-electron chi connectivity index (χ0n) is 17.1. The molecule has 32 heavy (non-hydrogen) atoms. The average Bonchev–Trinajstić information content (AvgIpc) is 3.24. The molecule has 0 saturated heterocycles. The summed E-state index contributed by atoms with van der Waals surface area (Å²) in [6.45, 7) is 1.22. The fourth-order valence-electron chi connectivity index (χ4n) is 3.15. The van der Waals surface area contributed by atoms with Crippen molar-refractivity contribution in [3.63, 3.8) is 0 Å². The molecule has 7 heteroatoms. The first-order valence-electron chi connectivity index (χ1n) is 10.0. The van der Waals surface area contributed by atoms with Crippen LogP contribution < -0.4 is 5.32 Å². The number of nitrogens with one attached hydrogen (secondary N) is 1. The van der Waals surface area contributed by atoms with E-state index in [1.165, 1.54) is 11.6 Å². The summed E-state index contributed by atoms with van der Waals surface area (Å²) in [5.74, 6) is -0.100. The van der Waals surface area contributed by atoms with E-state index in [9.17, 15) is 4.79 Å². The number of aromatic nitrogens is 3. The molecule has 0 bridgehead atoms. The number of ketones is 1. The van der Waals surface area contributed by atoms with E-state index >= 15 is 0 Å². The van der Waals surface area contributed by atoms with Crippen molar-refractivity contribution in [1.82, 2.24) is 15.0 Å². The predicted molar refractivity (Wildman–Crippen MR) is 129 cm³/mol. The van der Waals surface area contributed by atoms with Crippen molar-refractivity contribution in [1.29, 1.82) is 0 Å². The normalized spacial score (nSPS) is 11.1. The van der Waals surface area contributed by atoms with Crippen molar-refractivity contribution in [2.24, 2.45) is 0 Å². The maximum absolute atomic E-state index is 12.4. The molecule has 0 spiro atoms. The van der Waals surface area contributed by atoms with Crippen molar-refractivity contribution < 1.29 is 4.79 Å². The van der Waals surface area contributed by atoms with E-state index < -0.39 is 0 Å². The largest absolute Gasteiger partial charge is 0.379 e. The smallest absolute Gasteiger partial charge is 0.185 e. The van der Waals surface area contributed by atoms with Gasteiger partial charge in [0.05, 0.1) is 19.3 Å². The van der Waals surface area contributed by atoms with Gasteiger partial charge in [0.1, 0.15) is 5.69 Å². The Morgan fingerprint density at radius 2 is 1.69 bits per heavy atom. The minimum Gasteiger partial charge on any atom is -0.379 e. The maximum atomic E-state index is 12.4. The third kappa shape index (κ3) is 6.06. The van der Waals surface area contributed by atoms with Crippen LogP contribution in [0, 0.1) is 0 Å². The van der Waals surface area contributed by atoms with Gasteiger partial charge in [-0.05, 0) is 59.7 Å². The number of benzene rings is 3. The van der Waals surface area contributed by atoms with Crippen LogP contribution in [0.5, 0.6) is 0 Å². The number of hydrogen-bond donors (Lipinski definition) is 1. The van der Waals surface area contributed by atoms with Gasteiger partial charge in [0, 0.05) is 21.3 Å². The lowest BCUT2D eigenvalue weighted by molar-refractivity contribution is 0.104. The molecule has 160 valence electrons.